The predicted molar refractivity (Wildman–Crippen MR) is 77.8 cm³/mol. The van der Waals surface area contributed by atoms with Gasteiger partial charge in [0.1, 0.15) is 5.60 Å². The fraction of sp³-hybridized carbons (Fsp3) is 0.824. The zero-order valence-electron chi connectivity index (χ0n) is 12.8. The van der Waals surface area contributed by atoms with Crippen molar-refractivity contribution < 1.29 is 9.53 Å². The van der Waals surface area contributed by atoms with Gasteiger partial charge in [-0.1, -0.05) is 33.3 Å². The van der Waals surface area contributed by atoms with Crippen LogP contribution in [-0.4, -0.2) is 11.6 Å². The molecule has 0 unspecified atom stereocenters. The Morgan fingerprint density at radius 3 is 2.11 bits per heavy atom. The van der Waals surface area contributed by atoms with Crippen molar-refractivity contribution in [1.29, 1.82) is 0 Å². The molecule has 2 saturated carbocycles. The molecule has 0 atom stereocenters. The van der Waals surface area contributed by atoms with Crippen LogP contribution in [0.15, 0.2) is 12.2 Å². The van der Waals surface area contributed by atoms with E-state index in [-0.39, 0.29) is 11.6 Å². The molecule has 0 aromatic carbocycles. The molecule has 0 saturated heterocycles. The van der Waals surface area contributed by atoms with Gasteiger partial charge in [0.25, 0.3) is 0 Å². The molecule has 0 radical (unpaired) electrons. The Morgan fingerprint density at radius 1 is 1.11 bits per heavy atom. The minimum Gasteiger partial charge on any atom is -0.455 e. The van der Waals surface area contributed by atoms with Crippen LogP contribution in [0, 0.1) is 11.3 Å². The molecular weight excluding hydrogens is 236 g/mol. The van der Waals surface area contributed by atoms with Gasteiger partial charge in [-0.3, -0.25) is 0 Å². The average Bonchev–Trinajstić information content (AvgIpc) is 2.86. The number of rotatable bonds is 3. The summed E-state index contributed by atoms with van der Waals surface area (Å²) < 4.78 is 5.98. The molecule has 19 heavy (non-hydrogen) atoms. The van der Waals surface area contributed by atoms with Crippen molar-refractivity contribution in [2.45, 2.75) is 77.7 Å². The fourth-order valence-corrected chi connectivity index (χ4v) is 3.67. The summed E-state index contributed by atoms with van der Waals surface area (Å²) in [4.78, 5) is 12.0. The highest BCUT2D eigenvalue weighted by Crippen LogP contribution is 2.49. The fourth-order valence-electron chi connectivity index (χ4n) is 3.67. The van der Waals surface area contributed by atoms with Crippen molar-refractivity contribution >= 4 is 5.97 Å². The number of ether oxygens (including phenoxy) is 1. The second kappa shape index (κ2) is 5.30. The third-order valence-corrected chi connectivity index (χ3v) is 5.19. The SMILES string of the molecule is C=C(C)C(=O)OC1(C2CCCC2)CCC(C)(C)CC1. The number of hydrogen-bond donors (Lipinski definition) is 0. The Hall–Kier alpha value is -0.790. The second-order valence-electron chi connectivity index (χ2n) is 7.38. The lowest BCUT2D eigenvalue weighted by Gasteiger charge is -2.46. The maximum absolute atomic E-state index is 12.0. The zero-order chi connectivity index (χ0) is 14.1. The normalized spacial score (nSPS) is 26.1. The molecule has 0 bridgehead atoms. The minimum atomic E-state index is -0.192. The van der Waals surface area contributed by atoms with E-state index < -0.39 is 0 Å². The minimum absolute atomic E-state index is 0.188. The lowest BCUT2D eigenvalue weighted by atomic mass is 9.66. The molecule has 0 N–H and O–H groups in total. The van der Waals surface area contributed by atoms with Crippen LogP contribution in [0.2, 0.25) is 0 Å². The first-order chi connectivity index (χ1) is 8.85. The van der Waals surface area contributed by atoms with E-state index in [4.69, 9.17) is 4.74 Å². The Kier molecular flexibility index (Phi) is 4.08. The average molecular weight is 264 g/mol. The Balaban J connectivity index is 2.14. The molecule has 0 amide bonds. The third-order valence-electron chi connectivity index (χ3n) is 5.19. The van der Waals surface area contributed by atoms with E-state index in [1.54, 1.807) is 6.92 Å². The lowest BCUT2D eigenvalue weighted by molar-refractivity contribution is -0.169. The number of carbonyl (C=O) groups is 1. The first-order valence-corrected chi connectivity index (χ1v) is 7.74. The second-order valence-corrected chi connectivity index (χ2v) is 7.38. The molecule has 2 nitrogen and oxygen atoms in total. The third kappa shape index (κ3) is 3.21. The van der Waals surface area contributed by atoms with E-state index in [9.17, 15) is 4.79 Å². The molecule has 2 aliphatic rings. The van der Waals surface area contributed by atoms with Gasteiger partial charge in [0.2, 0.25) is 0 Å². The van der Waals surface area contributed by atoms with Crippen LogP contribution in [0.25, 0.3) is 0 Å². The van der Waals surface area contributed by atoms with Crippen molar-refractivity contribution in [3.63, 3.8) is 0 Å². The topological polar surface area (TPSA) is 26.3 Å². The summed E-state index contributed by atoms with van der Waals surface area (Å²) in [7, 11) is 0. The quantitative estimate of drug-likeness (QED) is 0.548. The summed E-state index contributed by atoms with van der Waals surface area (Å²) in [6.07, 6.45) is 9.42. The lowest BCUT2D eigenvalue weighted by Crippen LogP contribution is -2.46. The summed E-state index contributed by atoms with van der Waals surface area (Å²) in [5, 5.41) is 0. The van der Waals surface area contributed by atoms with Gasteiger partial charge in [-0.15, -0.1) is 0 Å². The van der Waals surface area contributed by atoms with E-state index >= 15 is 0 Å². The van der Waals surface area contributed by atoms with Crippen LogP contribution >= 0.6 is 0 Å². The van der Waals surface area contributed by atoms with E-state index in [2.05, 4.69) is 20.4 Å². The van der Waals surface area contributed by atoms with E-state index in [1.165, 1.54) is 25.7 Å². The molecular formula is C17H28O2. The standard InChI is InChI=1S/C17H28O2/c1-13(2)15(18)19-17(14-7-5-6-8-14)11-9-16(3,4)10-12-17/h14H,1,5-12H2,2-4H3. The molecule has 0 heterocycles. The first-order valence-electron chi connectivity index (χ1n) is 7.74. The summed E-state index contributed by atoms with van der Waals surface area (Å²) >= 11 is 0. The Morgan fingerprint density at radius 2 is 1.63 bits per heavy atom. The first kappa shape index (κ1) is 14.6. The summed E-state index contributed by atoms with van der Waals surface area (Å²) in [5.41, 5.74) is 0.738. The van der Waals surface area contributed by atoms with Gasteiger partial charge in [0.05, 0.1) is 0 Å². The molecule has 2 heteroatoms. The zero-order valence-corrected chi connectivity index (χ0v) is 12.8. The predicted octanol–water partition coefficient (Wildman–Crippen LogP) is 4.63. The highest BCUT2D eigenvalue weighted by atomic mass is 16.6. The van der Waals surface area contributed by atoms with Crippen molar-refractivity contribution in [1.82, 2.24) is 0 Å². The smallest absolute Gasteiger partial charge is 0.333 e. The van der Waals surface area contributed by atoms with Gasteiger partial charge in [-0.25, -0.2) is 4.79 Å². The summed E-state index contributed by atoms with van der Waals surface area (Å²) in [6.45, 7) is 10.1. The van der Waals surface area contributed by atoms with E-state index in [1.807, 2.05) is 0 Å². The van der Waals surface area contributed by atoms with Crippen LogP contribution in [-0.2, 0) is 9.53 Å². The van der Waals surface area contributed by atoms with E-state index in [0.29, 0.717) is 16.9 Å². The Bertz CT molecular complexity index is 351. The van der Waals surface area contributed by atoms with Crippen LogP contribution in [0.3, 0.4) is 0 Å². The van der Waals surface area contributed by atoms with Crippen molar-refractivity contribution in [3.05, 3.63) is 12.2 Å². The summed E-state index contributed by atoms with van der Waals surface area (Å²) in [5.74, 6) is 0.388. The summed E-state index contributed by atoms with van der Waals surface area (Å²) in [6, 6.07) is 0. The molecule has 2 rings (SSSR count). The van der Waals surface area contributed by atoms with E-state index in [0.717, 1.165) is 25.7 Å². The maximum Gasteiger partial charge on any atom is 0.333 e. The van der Waals surface area contributed by atoms with Crippen LogP contribution in [0.1, 0.15) is 72.1 Å². The number of carbonyl (C=O) groups excluding carboxylic acids is 1. The van der Waals surface area contributed by atoms with Crippen molar-refractivity contribution in [2.24, 2.45) is 11.3 Å². The molecule has 0 aromatic rings. The molecule has 108 valence electrons. The van der Waals surface area contributed by atoms with Crippen molar-refractivity contribution in [3.8, 4) is 0 Å². The number of esters is 1. The molecule has 2 aliphatic carbocycles. The molecule has 0 aromatic heterocycles. The van der Waals surface area contributed by atoms with Crippen LogP contribution in [0.5, 0.6) is 0 Å². The monoisotopic (exact) mass is 264 g/mol. The largest absolute Gasteiger partial charge is 0.455 e. The van der Waals surface area contributed by atoms with Crippen molar-refractivity contribution in [2.75, 3.05) is 0 Å². The maximum atomic E-state index is 12.0. The van der Waals surface area contributed by atoms with Gasteiger partial charge < -0.3 is 4.74 Å². The van der Waals surface area contributed by atoms with Gasteiger partial charge in [0.15, 0.2) is 0 Å². The highest BCUT2D eigenvalue weighted by Gasteiger charge is 2.47. The number of hydrogen-bond acceptors (Lipinski definition) is 2. The molecule has 0 spiro atoms. The Labute approximate surface area is 117 Å². The van der Waals surface area contributed by atoms with Crippen LogP contribution < -0.4 is 0 Å². The molecule has 0 aliphatic heterocycles. The van der Waals surface area contributed by atoms with Gasteiger partial charge in [0, 0.05) is 5.57 Å². The van der Waals surface area contributed by atoms with Gasteiger partial charge >= 0.3 is 5.97 Å². The van der Waals surface area contributed by atoms with Gasteiger partial charge in [-0.2, -0.15) is 0 Å². The molecule has 2 fully saturated rings. The van der Waals surface area contributed by atoms with Gasteiger partial charge in [-0.05, 0) is 56.8 Å². The van der Waals surface area contributed by atoms with Crippen LogP contribution in [0.4, 0.5) is 0 Å². The highest BCUT2D eigenvalue weighted by molar-refractivity contribution is 5.87.